The van der Waals surface area contributed by atoms with Crippen LogP contribution in [0.5, 0.6) is 5.75 Å². The number of fused-ring (bicyclic) bond motifs is 2. The molecule has 2 heterocycles. The number of benzene rings is 2. The molecule has 0 fully saturated rings. The van der Waals surface area contributed by atoms with Crippen LogP contribution in [-0.2, 0) is 6.54 Å². The molecule has 3 nitrogen and oxygen atoms in total. The van der Waals surface area contributed by atoms with Gasteiger partial charge in [0.1, 0.15) is 12.0 Å². The zero-order valence-corrected chi connectivity index (χ0v) is 11.5. The number of aromatic nitrogens is 1. The minimum atomic E-state index is 0.377. The third kappa shape index (κ3) is 2.02. The van der Waals surface area contributed by atoms with E-state index < -0.39 is 0 Å². The van der Waals surface area contributed by atoms with Crippen molar-refractivity contribution in [3.05, 3.63) is 65.9 Å². The molecular weight excluding hydrogens is 262 g/mol. The SMILES string of the molecule is O=Cc1ccc2c(ccn2CC2COc3ccccc32)c1. The van der Waals surface area contributed by atoms with Gasteiger partial charge in [-0.15, -0.1) is 0 Å². The lowest BCUT2D eigenvalue weighted by atomic mass is 10.0. The lowest BCUT2D eigenvalue weighted by molar-refractivity contribution is 0.112. The fraction of sp³-hybridized carbons (Fsp3) is 0.167. The summed E-state index contributed by atoms with van der Waals surface area (Å²) in [6, 6.07) is 16.1. The standard InChI is InChI=1S/C18H15NO2/c20-11-13-5-6-17-14(9-13)7-8-19(17)10-15-12-21-18-4-2-1-3-16(15)18/h1-9,11,15H,10,12H2. The number of rotatable bonds is 3. The maximum absolute atomic E-state index is 10.8. The second-order valence-electron chi connectivity index (χ2n) is 5.45. The van der Waals surface area contributed by atoms with Crippen molar-refractivity contribution in [3.63, 3.8) is 0 Å². The van der Waals surface area contributed by atoms with Crippen LogP contribution in [0.3, 0.4) is 0 Å². The first-order valence-corrected chi connectivity index (χ1v) is 7.11. The minimum Gasteiger partial charge on any atom is -0.493 e. The molecule has 104 valence electrons. The number of para-hydroxylation sites is 1. The summed E-state index contributed by atoms with van der Waals surface area (Å²) in [6.07, 6.45) is 2.97. The van der Waals surface area contributed by atoms with E-state index in [-0.39, 0.29) is 0 Å². The molecule has 3 aromatic rings. The van der Waals surface area contributed by atoms with E-state index in [1.165, 1.54) is 5.56 Å². The Balaban J connectivity index is 1.68. The van der Waals surface area contributed by atoms with E-state index in [4.69, 9.17) is 4.74 Å². The molecule has 0 amide bonds. The van der Waals surface area contributed by atoms with Gasteiger partial charge in [-0.25, -0.2) is 0 Å². The summed E-state index contributed by atoms with van der Waals surface area (Å²) in [7, 11) is 0. The summed E-state index contributed by atoms with van der Waals surface area (Å²) >= 11 is 0. The summed E-state index contributed by atoms with van der Waals surface area (Å²) in [6.45, 7) is 1.62. The van der Waals surface area contributed by atoms with Gasteiger partial charge in [-0.2, -0.15) is 0 Å². The molecule has 1 atom stereocenters. The molecule has 2 aromatic carbocycles. The Bertz CT molecular complexity index is 819. The molecule has 1 aromatic heterocycles. The molecule has 0 bridgehead atoms. The van der Waals surface area contributed by atoms with Crippen molar-refractivity contribution in [1.82, 2.24) is 4.57 Å². The predicted octanol–water partition coefficient (Wildman–Crippen LogP) is 3.63. The van der Waals surface area contributed by atoms with Crippen molar-refractivity contribution in [1.29, 1.82) is 0 Å². The molecule has 0 saturated heterocycles. The first-order chi connectivity index (χ1) is 10.3. The molecule has 21 heavy (non-hydrogen) atoms. The number of hydrogen-bond acceptors (Lipinski definition) is 2. The molecule has 0 spiro atoms. The summed E-state index contributed by atoms with van der Waals surface area (Å²) in [5.74, 6) is 1.38. The Hall–Kier alpha value is -2.55. The summed E-state index contributed by atoms with van der Waals surface area (Å²) < 4.78 is 7.98. The van der Waals surface area contributed by atoms with E-state index in [1.54, 1.807) is 0 Å². The van der Waals surface area contributed by atoms with Gasteiger partial charge in [-0.05, 0) is 30.3 Å². The maximum atomic E-state index is 10.8. The van der Waals surface area contributed by atoms with Gasteiger partial charge >= 0.3 is 0 Å². The fourth-order valence-corrected chi connectivity index (χ4v) is 3.07. The predicted molar refractivity (Wildman–Crippen MR) is 82.0 cm³/mol. The van der Waals surface area contributed by atoms with Gasteiger partial charge < -0.3 is 9.30 Å². The zero-order valence-electron chi connectivity index (χ0n) is 11.5. The van der Waals surface area contributed by atoms with Gasteiger partial charge in [0, 0.05) is 40.7 Å². The summed E-state index contributed by atoms with van der Waals surface area (Å²) in [5.41, 5.74) is 3.16. The lowest BCUT2D eigenvalue weighted by Crippen LogP contribution is -2.09. The topological polar surface area (TPSA) is 31.2 Å². The van der Waals surface area contributed by atoms with Crippen molar-refractivity contribution in [3.8, 4) is 5.75 Å². The largest absolute Gasteiger partial charge is 0.493 e. The van der Waals surface area contributed by atoms with Crippen LogP contribution in [-0.4, -0.2) is 17.5 Å². The van der Waals surface area contributed by atoms with Crippen LogP contribution in [0.4, 0.5) is 0 Å². The van der Waals surface area contributed by atoms with Crippen molar-refractivity contribution in [2.45, 2.75) is 12.5 Å². The van der Waals surface area contributed by atoms with Crippen molar-refractivity contribution in [2.75, 3.05) is 6.61 Å². The third-order valence-corrected chi connectivity index (χ3v) is 4.15. The van der Waals surface area contributed by atoms with Crippen LogP contribution in [0.15, 0.2) is 54.7 Å². The molecule has 0 radical (unpaired) electrons. The van der Waals surface area contributed by atoms with Gasteiger partial charge in [0.05, 0.1) is 6.61 Å². The number of aldehydes is 1. The van der Waals surface area contributed by atoms with Crippen molar-refractivity contribution in [2.24, 2.45) is 0 Å². The average Bonchev–Trinajstić information content (AvgIpc) is 3.12. The molecule has 0 aliphatic carbocycles. The molecule has 1 unspecified atom stereocenters. The van der Waals surface area contributed by atoms with Crippen LogP contribution in [0.1, 0.15) is 21.8 Å². The monoisotopic (exact) mass is 277 g/mol. The van der Waals surface area contributed by atoms with Gasteiger partial charge in [-0.3, -0.25) is 4.79 Å². The molecule has 3 heteroatoms. The van der Waals surface area contributed by atoms with Crippen molar-refractivity contribution < 1.29 is 9.53 Å². The van der Waals surface area contributed by atoms with Crippen LogP contribution in [0, 0.1) is 0 Å². The minimum absolute atomic E-state index is 0.377. The molecule has 1 aliphatic rings. The highest BCUT2D eigenvalue weighted by molar-refractivity contribution is 5.87. The normalized spacial score (nSPS) is 16.7. The molecule has 1 aliphatic heterocycles. The van der Waals surface area contributed by atoms with Gasteiger partial charge in [-0.1, -0.05) is 18.2 Å². The van der Waals surface area contributed by atoms with E-state index in [0.717, 1.165) is 41.7 Å². The molecule has 4 rings (SSSR count). The number of carbonyl (C=O) groups excluding carboxylic acids is 1. The first kappa shape index (κ1) is 12.2. The van der Waals surface area contributed by atoms with Crippen LogP contribution in [0.25, 0.3) is 10.9 Å². The van der Waals surface area contributed by atoms with E-state index in [0.29, 0.717) is 5.92 Å². The zero-order chi connectivity index (χ0) is 14.2. The van der Waals surface area contributed by atoms with Crippen LogP contribution < -0.4 is 4.74 Å². The second kappa shape index (κ2) is 4.77. The van der Waals surface area contributed by atoms with E-state index in [1.807, 2.05) is 30.3 Å². The van der Waals surface area contributed by atoms with Gasteiger partial charge in [0.15, 0.2) is 0 Å². The third-order valence-electron chi connectivity index (χ3n) is 4.15. The molecule has 0 saturated carbocycles. The molecule has 0 N–H and O–H groups in total. The number of hydrogen-bond donors (Lipinski definition) is 0. The number of carbonyl (C=O) groups is 1. The van der Waals surface area contributed by atoms with Crippen molar-refractivity contribution >= 4 is 17.2 Å². The second-order valence-corrected chi connectivity index (χ2v) is 5.45. The highest BCUT2D eigenvalue weighted by Gasteiger charge is 2.24. The Morgan fingerprint density at radius 1 is 1.19 bits per heavy atom. The van der Waals surface area contributed by atoms with Gasteiger partial charge in [0.25, 0.3) is 0 Å². The first-order valence-electron chi connectivity index (χ1n) is 7.11. The summed E-state index contributed by atoms with van der Waals surface area (Å²) in [4.78, 5) is 10.8. The Labute approximate surface area is 122 Å². The lowest BCUT2D eigenvalue weighted by Gasteiger charge is -2.11. The Morgan fingerprint density at radius 3 is 3.00 bits per heavy atom. The molecular formula is C18H15NO2. The number of nitrogens with zero attached hydrogens (tertiary/aromatic N) is 1. The van der Waals surface area contributed by atoms with Crippen LogP contribution in [0.2, 0.25) is 0 Å². The Morgan fingerprint density at radius 2 is 2.10 bits per heavy atom. The van der Waals surface area contributed by atoms with E-state index >= 15 is 0 Å². The fourth-order valence-electron chi connectivity index (χ4n) is 3.07. The smallest absolute Gasteiger partial charge is 0.150 e. The maximum Gasteiger partial charge on any atom is 0.150 e. The van der Waals surface area contributed by atoms with E-state index in [2.05, 4.69) is 29.0 Å². The average molecular weight is 277 g/mol. The Kier molecular flexibility index (Phi) is 2.78. The van der Waals surface area contributed by atoms with Gasteiger partial charge in [0.2, 0.25) is 0 Å². The highest BCUT2D eigenvalue weighted by atomic mass is 16.5. The van der Waals surface area contributed by atoms with Crippen LogP contribution >= 0.6 is 0 Å². The summed E-state index contributed by atoms with van der Waals surface area (Å²) in [5, 5.41) is 1.10. The highest BCUT2D eigenvalue weighted by Crippen LogP contribution is 2.35. The number of ether oxygens (including phenoxy) is 1. The quantitative estimate of drug-likeness (QED) is 0.684. The van der Waals surface area contributed by atoms with E-state index in [9.17, 15) is 4.79 Å².